The van der Waals surface area contributed by atoms with Crippen molar-refractivity contribution in [3.63, 3.8) is 0 Å². The van der Waals surface area contributed by atoms with E-state index in [1.165, 1.54) is 11.3 Å². The quantitative estimate of drug-likeness (QED) is 0.890. The van der Waals surface area contributed by atoms with Gasteiger partial charge in [0.05, 0.1) is 10.7 Å². The molecule has 1 aliphatic heterocycles. The lowest BCUT2D eigenvalue weighted by Crippen LogP contribution is -2.42. The molecule has 116 valence electrons. The van der Waals surface area contributed by atoms with E-state index in [2.05, 4.69) is 22.5 Å². The Morgan fingerprint density at radius 2 is 1.95 bits per heavy atom. The molecule has 1 aliphatic rings. The standard InChI is InChI=1S/C13H21N3OS.2ClH/c1-9-11(18-10(2)16-9)12(17)15-8-13(3)4-6-14-7-5-13;;/h14H,4-8H2,1-3H3,(H,15,17);2*1H. The number of nitrogens with zero attached hydrogens (tertiary/aromatic N) is 1. The van der Waals surface area contributed by atoms with Crippen molar-refractivity contribution >= 4 is 42.1 Å². The smallest absolute Gasteiger partial charge is 0.263 e. The summed E-state index contributed by atoms with van der Waals surface area (Å²) in [5.74, 6) is 0.0258. The number of aromatic nitrogens is 1. The Labute approximate surface area is 137 Å². The van der Waals surface area contributed by atoms with Crippen LogP contribution >= 0.6 is 36.2 Å². The maximum Gasteiger partial charge on any atom is 0.263 e. The molecule has 0 atom stereocenters. The third-order valence-corrected chi connectivity index (χ3v) is 4.67. The van der Waals surface area contributed by atoms with Gasteiger partial charge in [-0.15, -0.1) is 36.2 Å². The highest BCUT2D eigenvalue weighted by Crippen LogP contribution is 2.27. The Kier molecular flexibility index (Phi) is 8.03. The van der Waals surface area contributed by atoms with Gasteiger partial charge >= 0.3 is 0 Å². The van der Waals surface area contributed by atoms with Crippen molar-refractivity contribution in [3.8, 4) is 0 Å². The highest BCUT2D eigenvalue weighted by atomic mass is 35.5. The number of hydrogen-bond donors (Lipinski definition) is 2. The topological polar surface area (TPSA) is 54.0 Å². The zero-order valence-electron chi connectivity index (χ0n) is 12.1. The van der Waals surface area contributed by atoms with Crippen molar-refractivity contribution in [3.05, 3.63) is 15.6 Å². The Morgan fingerprint density at radius 1 is 1.35 bits per heavy atom. The van der Waals surface area contributed by atoms with Crippen LogP contribution in [0.3, 0.4) is 0 Å². The van der Waals surface area contributed by atoms with Crippen molar-refractivity contribution in [2.24, 2.45) is 5.41 Å². The van der Waals surface area contributed by atoms with Crippen molar-refractivity contribution in [2.75, 3.05) is 19.6 Å². The molecule has 1 aromatic rings. The first-order chi connectivity index (χ1) is 8.50. The molecule has 20 heavy (non-hydrogen) atoms. The molecule has 0 radical (unpaired) electrons. The second-order valence-electron chi connectivity index (χ2n) is 5.39. The third-order valence-electron chi connectivity index (χ3n) is 3.60. The summed E-state index contributed by atoms with van der Waals surface area (Å²) in [7, 11) is 0. The van der Waals surface area contributed by atoms with Crippen molar-refractivity contribution in [2.45, 2.75) is 33.6 Å². The van der Waals surface area contributed by atoms with Crippen LogP contribution in [0.5, 0.6) is 0 Å². The van der Waals surface area contributed by atoms with Crippen LogP contribution < -0.4 is 10.6 Å². The first kappa shape index (κ1) is 19.6. The van der Waals surface area contributed by atoms with Gasteiger partial charge in [-0.1, -0.05) is 6.92 Å². The third kappa shape index (κ3) is 4.88. The van der Waals surface area contributed by atoms with Gasteiger partial charge in [-0.3, -0.25) is 4.79 Å². The van der Waals surface area contributed by atoms with Gasteiger partial charge in [0.25, 0.3) is 5.91 Å². The van der Waals surface area contributed by atoms with E-state index < -0.39 is 0 Å². The number of amides is 1. The maximum atomic E-state index is 12.1. The summed E-state index contributed by atoms with van der Waals surface area (Å²) in [5.41, 5.74) is 1.07. The van der Waals surface area contributed by atoms with Crippen molar-refractivity contribution < 1.29 is 4.79 Å². The van der Waals surface area contributed by atoms with Crippen LogP contribution in [0.15, 0.2) is 0 Å². The fraction of sp³-hybridized carbons (Fsp3) is 0.692. The summed E-state index contributed by atoms with van der Waals surface area (Å²) in [5, 5.41) is 7.37. The molecule has 0 saturated carbocycles. The fourth-order valence-electron chi connectivity index (χ4n) is 2.32. The van der Waals surface area contributed by atoms with Crippen molar-refractivity contribution in [1.29, 1.82) is 0 Å². The Balaban J connectivity index is 0.00000180. The molecule has 7 heteroatoms. The van der Waals surface area contributed by atoms with Gasteiger partial charge in [0.15, 0.2) is 0 Å². The molecule has 1 saturated heterocycles. The highest BCUT2D eigenvalue weighted by Gasteiger charge is 2.27. The zero-order valence-corrected chi connectivity index (χ0v) is 14.6. The minimum absolute atomic E-state index is 0. The van der Waals surface area contributed by atoms with Gasteiger partial charge in [-0.05, 0) is 45.2 Å². The maximum absolute atomic E-state index is 12.1. The molecule has 0 spiro atoms. The van der Waals surface area contributed by atoms with Crippen LogP contribution in [-0.2, 0) is 0 Å². The van der Waals surface area contributed by atoms with Gasteiger partial charge in [0, 0.05) is 6.54 Å². The monoisotopic (exact) mass is 339 g/mol. The average molecular weight is 340 g/mol. The molecule has 4 nitrogen and oxygen atoms in total. The van der Waals surface area contributed by atoms with Gasteiger partial charge < -0.3 is 10.6 Å². The van der Waals surface area contributed by atoms with E-state index in [1.807, 2.05) is 13.8 Å². The summed E-state index contributed by atoms with van der Waals surface area (Å²) in [6, 6.07) is 0. The van der Waals surface area contributed by atoms with Gasteiger partial charge in [-0.2, -0.15) is 0 Å². The predicted octanol–water partition coefficient (Wildman–Crippen LogP) is 2.72. The Hall–Kier alpha value is -0.360. The summed E-state index contributed by atoms with van der Waals surface area (Å²) < 4.78 is 0. The van der Waals surface area contributed by atoms with E-state index in [4.69, 9.17) is 0 Å². The number of rotatable bonds is 3. The molecular formula is C13H23Cl2N3OS. The largest absolute Gasteiger partial charge is 0.351 e. The normalized spacial score (nSPS) is 16.8. The number of halogens is 2. The summed E-state index contributed by atoms with van der Waals surface area (Å²) in [4.78, 5) is 17.2. The molecule has 0 aromatic carbocycles. The first-order valence-corrected chi connectivity index (χ1v) is 7.25. The number of carbonyl (C=O) groups excluding carboxylic acids is 1. The highest BCUT2D eigenvalue weighted by molar-refractivity contribution is 7.13. The van der Waals surface area contributed by atoms with Gasteiger partial charge in [0.1, 0.15) is 4.88 Å². The van der Waals surface area contributed by atoms with E-state index in [-0.39, 0.29) is 36.1 Å². The Bertz CT molecular complexity index is 445. The second kappa shape index (κ2) is 8.17. The van der Waals surface area contributed by atoms with Crippen LogP contribution in [0.1, 0.15) is 40.1 Å². The molecule has 2 rings (SSSR count). The summed E-state index contributed by atoms with van der Waals surface area (Å²) >= 11 is 1.47. The Morgan fingerprint density at radius 3 is 2.45 bits per heavy atom. The molecule has 1 fully saturated rings. The lowest BCUT2D eigenvalue weighted by molar-refractivity contribution is 0.0925. The van der Waals surface area contributed by atoms with E-state index in [0.717, 1.165) is 48.1 Å². The van der Waals surface area contributed by atoms with E-state index >= 15 is 0 Å². The molecule has 2 N–H and O–H groups in total. The second-order valence-corrected chi connectivity index (χ2v) is 6.59. The molecule has 0 bridgehead atoms. The minimum Gasteiger partial charge on any atom is -0.351 e. The van der Waals surface area contributed by atoms with E-state index in [0.29, 0.717) is 0 Å². The minimum atomic E-state index is 0. The van der Waals surface area contributed by atoms with Gasteiger partial charge in [-0.25, -0.2) is 4.98 Å². The molecule has 1 amide bonds. The van der Waals surface area contributed by atoms with Crippen LogP contribution in [0, 0.1) is 19.3 Å². The van der Waals surface area contributed by atoms with Crippen LogP contribution in [0.25, 0.3) is 0 Å². The molecule has 0 unspecified atom stereocenters. The average Bonchev–Trinajstić information content (AvgIpc) is 2.67. The molecule has 2 heterocycles. The number of aryl methyl sites for hydroxylation is 2. The lowest BCUT2D eigenvalue weighted by atomic mass is 9.81. The van der Waals surface area contributed by atoms with Crippen LogP contribution in [-0.4, -0.2) is 30.5 Å². The first-order valence-electron chi connectivity index (χ1n) is 6.43. The van der Waals surface area contributed by atoms with Crippen molar-refractivity contribution in [1.82, 2.24) is 15.6 Å². The fourth-order valence-corrected chi connectivity index (χ4v) is 3.16. The summed E-state index contributed by atoms with van der Waals surface area (Å²) in [6.07, 6.45) is 2.24. The number of nitrogens with one attached hydrogen (secondary N) is 2. The lowest BCUT2D eigenvalue weighted by Gasteiger charge is -2.34. The number of piperidine rings is 1. The van der Waals surface area contributed by atoms with E-state index in [1.54, 1.807) is 0 Å². The van der Waals surface area contributed by atoms with Crippen LogP contribution in [0.4, 0.5) is 0 Å². The number of carbonyl (C=O) groups is 1. The molecule has 1 aromatic heterocycles. The molecular weight excluding hydrogens is 317 g/mol. The summed E-state index contributed by atoms with van der Waals surface area (Å²) in [6.45, 7) is 8.92. The van der Waals surface area contributed by atoms with Crippen LogP contribution in [0.2, 0.25) is 0 Å². The zero-order chi connectivity index (χ0) is 13.2. The SMILES string of the molecule is Cc1nc(C)c(C(=O)NCC2(C)CCNCC2)s1.Cl.Cl. The van der Waals surface area contributed by atoms with Gasteiger partial charge in [0.2, 0.25) is 0 Å². The predicted molar refractivity (Wildman–Crippen MR) is 88.6 cm³/mol. The number of hydrogen-bond acceptors (Lipinski definition) is 4. The molecule has 0 aliphatic carbocycles. The van der Waals surface area contributed by atoms with E-state index in [9.17, 15) is 4.79 Å². The number of thiazole rings is 1.